The predicted octanol–water partition coefficient (Wildman–Crippen LogP) is 1.71. The number of nitro groups is 1. The van der Waals surface area contributed by atoms with Crippen LogP contribution in [0.1, 0.15) is 18.4 Å². The maximum atomic E-state index is 12.3. The summed E-state index contributed by atoms with van der Waals surface area (Å²) in [5, 5.41) is 19.7. The highest BCUT2D eigenvalue weighted by Crippen LogP contribution is 2.22. The van der Waals surface area contributed by atoms with Crippen molar-refractivity contribution >= 4 is 11.6 Å². The lowest BCUT2D eigenvalue weighted by Crippen LogP contribution is -2.36. The molecular weight excluding hydrogens is 260 g/mol. The van der Waals surface area contributed by atoms with Gasteiger partial charge in [0, 0.05) is 25.2 Å². The fourth-order valence-electron chi connectivity index (χ4n) is 1.89. The SMILES string of the molecule is C=CCN(CCO)C(=O)C(C)c1cccc([N+](=O)[O-])c1. The predicted molar refractivity (Wildman–Crippen MR) is 75.4 cm³/mol. The number of carbonyl (C=O) groups excluding carboxylic acids is 1. The summed E-state index contributed by atoms with van der Waals surface area (Å²) in [4.78, 5) is 24.0. The average molecular weight is 278 g/mol. The molecule has 1 unspecified atom stereocenters. The van der Waals surface area contributed by atoms with Gasteiger partial charge in [-0.3, -0.25) is 14.9 Å². The van der Waals surface area contributed by atoms with Gasteiger partial charge in [0.2, 0.25) is 5.91 Å². The van der Waals surface area contributed by atoms with Crippen molar-refractivity contribution in [3.05, 3.63) is 52.6 Å². The molecular formula is C14H18N2O4. The normalized spacial score (nSPS) is 11.7. The van der Waals surface area contributed by atoms with Gasteiger partial charge in [0.15, 0.2) is 0 Å². The van der Waals surface area contributed by atoms with Crippen molar-refractivity contribution in [1.82, 2.24) is 4.90 Å². The molecule has 1 rings (SSSR count). The number of aliphatic hydroxyl groups excluding tert-OH is 1. The van der Waals surface area contributed by atoms with Gasteiger partial charge in [0.25, 0.3) is 5.69 Å². The third kappa shape index (κ3) is 3.89. The van der Waals surface area contributed by atoms with Crippen LogP contribution < -0.4 is 0 Å². The molecule has 1 N–H and O–H groups in total. The number of hydrogen-bond acceptors (Lipinski definition) is 4. The average Bonchev–Trinajstić information content (AvgIpc) is 2.45. The van der Waals surface area contributed by atoms with Gasteiger partial charge in [-0.1, -0.05) is 18.2 Å². The Bertz CT molecular complexity index is 502. The number of carbonyl (C=O) groups is 1. The lowest BCUT2D eigenvalue weighted by atomic mass is 9.99. The van der Waals surface area contributed by atoms with E-state index in [-0.39, 0.29) is 24.7 Å². The molecule has 108 valence electrons. The van der Waals surface area contributed by atoms with Crippen molar-refractivity contribution in [3.63, 3.8) is 0 Å². The molecule has 6 heteroatoms. The highest BCUT2D eigenvalue weighted by atomic mass is 16.6. The van der Waals surface area contributed by atoms with Crippen LogP contribution in [0, 0.1) is 10.1 Å². The van der Waals surface area contributed by atoms with Gasteiger partial charge in [-0.05, 0) is 12.5 Å². The molecule has 20 heavy (non-hydrogen) atoms. The van der Waals surface area contributed by atoms with Gasteiger partial charge in [-0.2, -0.15) is 0 Å². The lowest BCUT2D eigenvalue weighted by Gasteiger charge is -2.24. The maximum absolute atomic E-state index is 12.3. The molecule has 0 aliphatic heterocycles. The molecule has 0 fully saturated rings. The minimum Gasteiger partial charge on any atom is -0.395 e. The van der Waals surface area contributed by atoms with Gasteiger partial charge in [-0.25, -0.2) is 0 Å². The van der Waals surface area contributed by atoms with Crippen LogP contribution in [0.3, 0.4) is 0 Å². The van der Waals surface area contributed by atoms with E-state index in [0.29, 0.717) is 12.1 Å². The third-order valence-electron chi connectivity index (χ3n) is 2.98. The summed E-state index contributed by atoms with van der Waals surface area (Å²) in [6, 6.07) is 6.02. The number of benzene rings is 1. The van der Waals surface area contributed by atoms with Crippen molar-refractivity contribution in [3.8, 4) is 0 Å². The summed E-state index contributed by atoms with van der Waals surface area (Å²) in [7, 11) is 0. The summed E-state index contributed by atoms with van der Waals surface area (Å²) in [5.74, 6) is -0.708. The highest BCUT2D eigenvalue weighted by Gasteiger charge is 2.22. The van der Waals surface area contributed by atoms with Crippen LogP contribution in [0.25, 0.3) is 0 Å². The van der Waals surface area contributed by atoms with E-state index >= 15 is 0 Å². The Labute approximate surface area is 117 Å². The van der Waals surface area contributed by atoms with E-state index in [1.54, 1.807) is 25.1 Å². The van der Waals surface area contributed by atoms with Crippen molar-refractivity contribution in [1.29, 1.82) is 0 Å². The second-order valence-corrected chi connectivity index (χ2v) is 4.37. The number of nitro benzene ring substituents is 1. The van der Waals surface area contributed by atoms with Crippen LogP contribution in [0.5, 0.6) is 0 Å². The van der Waals surface area contributed by atoms with E-state index in [4.69, 9.17) is 5.11 Å². The quantitative estimate of drug-likeness (QED) is 0.467. The first kappa shape index (κ1) is 15.8. The first-order chi connectivity index (χ1) is 9.51. The van der Waals surface area contributed by atoms with E-state index in [1.165, 1.54) is 17.0 Å². The number of rotatable bonds is 7. The van der Waals surface area contributed by atoms with Crippen molar-refractivity contribution in [2.75, 3.05) is 19.7 Å². The molecule has 1 aromatic rings. The molecule has 0 bridgehead atoms. The van der Waals surface area contributed by atoms with Gasteiger partial charge in [0.1, 0.15) is 0 Å². The van der Waals surface area contributed by atoms with Gasteiger partial charge in [0.05, 0.1) is 17.4 Å². The van der Waals surface area contributed by atoms with Crippen LogP contribution >= 0.6 is 0 Å². The number of aliphatic hydroxyl groups is 1. The second kappa shape index (κ2) is 7.40. The van der Waals surface area contributed by atoms with Crippen LogP contribution in [-0.4, -0.2) is 40.5 Å². The molecule has 6 nitrogen and oxygen atoms in total. The summed E-state index contributed by atoms with van der Waals surface area (Å²) in [5.41, 5.74) is 0.538. The van der Waals surface area contributed by atoms with E-state index in [0.717, 1.165) is 0 Å². The van der Waals surface area contributed by atoms with Crippen LogP contribution in [-0.2, 0) is 4.79 Å². The molecule has 1 aromatic carbocycles. The summed E-state index contributed by atoms with van der Waals surface area (Å²) in [6.45, 7) is 5.67. The second-order valence-electron chi connectivity index (χ2n) is 4.37. The number of hydrogen-bond donors (Lipinski definition) is 1. The molecule has 0 aromatic heterocycles. The van der Waals surface area contributed by atoms with E-state index < -0.39 is 10.8 Å². The summed E-state index contributed by atoms with van der Waals surface area (Å²) in [6.07, 6.45) is 1.58. The molecule has 0 spiro atoms. The Morgan fingerprint density at radius 2 is 2.30 bits per heavy atom. The Kier molecular flexibility index (Phi) is 5.86. The van der Waals surface area contributed by atoms with Crippen LogP contribution in [0.2, 0.25) is 0 Å². The minimum atomic E-state index is -0.513. The fourth-order valence-corrected chi connectivity index (χ4v) is 1.89. The fraction of sp³-hybridized carbons (Fsp3) is 0.357. The number of nitrogens with zero attached hydrogens (tertiary/aromatic N) is 2. The zero-order valence-corrected chi connectivity index (χ0v) is 11.4. The molecule has 0 radical (unpaired) electrons. The Morgan fingerprint density at radius 1 is 1.60 bits per heavy atom. The van der Waals surface area contributed by atoms with Gasteiger partial charge >= 0.3 is 0 Å². The molecule has 0 aliphatic rings. The Morgan fingerprint density at radius 3 is 2.85 bits per heavy atom. The standard InChI is InChI=1S/C14H18N2O4/c1-3-7-15(8-9-17)14(18)11(2)12-5-4-6-13(10-12)16(19)20/h3-6,10-11,17H,1,7-9H2,2H3. The molecule has 0 heterocycles. The molecule has 1 atom stereocenters. The molecule has 0 saturated heterocycles. The van der Waals surface area contributed by atoms with Crippen molar-refractivity contribution in [2.24, 2.45) is 0 Å². The monoisotopic (exact) mass is 278 g/mol. The highest BCUT2D eigenvalue weighted by molar-refractivity contribution is 5.83. The number of non-ortho nitro benzene ring substituents is 1. The number of amides is 1. The molecule has 0 saturated carbocycles. The third-order valence-corrected chi connectivity index (χ3v) is 2.98. The van der Waals surface area contributed by atoms with Crippen LogP contribution in [0.15, 0.2) is 36.9 Å². The zero-order chi connectivity index (χ0) is 15.1. The Hall–Kier alpha value is -2.21. The molecule has 1 amide bonds. The lowest BCUT2D eigenvalue weighted by molar-refractivity contribution is -0.384. The summed E-state index contributed by atoms with van der Waals surface area (Å²) >= 11 is 0. The van der Waals surface area contributed by atoms with E-state index in [2.05, 4.69) is 6.58 Å². The smallest absolute Gasteiger partial charge is 0.269 e. The first-order valence-corrected chi connectivity index (χ1v) is 6.26. The van der Waals surface area contributed by atoms with E-state index in [9.17, 15) is 14.9 Å². The van der Waals surface area contributed by atoms with E-state index in [1.807, 2.05) is 0 Å². The van der Waals surface area contributed by atoms with Crippen molar-refractivity contribution < 1.29 is 14.8 Å². The topological polar surface area (TPSA) is 83.7 Å². The molecule has 0 aliphatic carbocycles. The largest absolute Gasteiger partial charge is 0.395 e. The van der Waals surface area contributed by atoms with Crippen molar-refractivity contribution in [2.45, 2.75) is 12.8 Å². The maximum Gasteiger partial charge on any atom is 0.269 e. The van der Waals surface area contributed by atoms with Crippen LogP contribution in [0.4, 0.5) is 5.69 Å². The van der Waals surface area contributed by atoms with Gasteiger partial charge < -0.3 is 10.0 Å². The first-order valence-electron chi connectivity index (χ1n) is 6.26. The minimum absolute atomic E-state index is 0.0421. The van der Waals surface area contributed by atoms with Gasteiger partial charge in [-0.15, -0.1) is 6.58 Å². The Balaban J connectivity index is 2.94. The summed E-state index contributed by atoms with van der Waals surface area (Å²) < 4.78 is 0. The zero-order valence-electron chi connectivity index (χ0n) is 11.4.